The summed E-state index contributed by atoms with van der Waals surface area (Å²) in [7, 11) is -3.13. The SMILES string of the molecule is CCCOc1ccc(C(C)[SH](=O)=O)cc1B1OC(C)(C)C(C)(C)O1. The van der Waals surface area contributed by atoms with Crippen molar-refractivity contribution in [2.24, 2.45) is 0 Å². The molecule has 1 aliphatic rings. The molecule has 0 radical (unpaired) electrons. The van der Waals surface area contributed by atoms with Gasteiger partial charge < -0.3 is 14.0 Å². The molecular weight excluding hydrogens is 327 g/mol. The first-order valence-corrected chi connectivity index (χ1v) is 9.59. The highest BCUT2D eigenvalue weighted by Gasteiger charge is 2.52. The van der Waals surface area contributed by atoms with Crippen molar-refractivity contribution >= 4 is 23.3 Å². The van der Waals surface area contributed by atoms with E-state index in [1.165, 1.54) is 0 Å². The van der Waals surface area contributed by atoms with Crippen molar-refractivity contribution in [3.05, 3.63) is 23.8 Å². The van der Waals surface area contributed by atoms with Crippen LogP contribution in [0.3, 0.4) is 0 Å². The van der Waals surface area contributed by atoms with E-state index in [0.29, 0.717) is 17.9 Å². The van der Waals surface area contributed by atoms with Crippen molar-refractivity contribution in [3.63, 3.8) is 0 Å². The van der Waals surface area contributed by atoms with Gasteiger partial charge >= 0.3 is 7.12 Å². The van der Waals surface area contributed by atoms with E-state index in [-0.39, 0.29) is 0 Å². The molecule has 134 valence electrons. The molecule has 1 saturated heterocycles. The first-order chi connectivity index (χ1) is 11.1. The van der Waals surface area contributed by atoms with E-state index in [4.69, 9.17) is 14.0 Å². The molecule has 7 heteroatoms. The Morgan fingerprint density at radius 2 is 1.75 bits per heavy atom. The van der Waals surface area contributed by atoms with Crippen LogP contribution in [0.25, 0.3) is 0 Å². The van der Waals surface area contributed by atoms with Gasteiger partial charge in [-0.15, -0.1) is 0 Å². The smallest absolute Gasteiger partial charge is 0.494 e. The van der Waals surface area contributed by atoms with E-state index in [1.54, 1.807) is 19.1 Å². The molecule has 1 fully saturated rings. The first-order valence-electron chi connectivity index (χ1n) is 8.35. The fourth-order valence-electron chi connectivity index (χ4n) is 2.45. The summed E-state index contributed by atoms with van der Waals surface area (Å²) in [5.41, 5.74) is 0.513. The van der Waals surface area contributed by atoms with Gasteiger partial charge in [-0.2, -0.15) is 0 Å². The number of hydrogen-bond acceptors (Lipinski definition) is 5. The lowest BCUT2D eigenvalue weighted by atomic mass is 9.77. The Hall–Kier alpha value is -1.05. The van der Waals surface area contributed by atoms with Gasteiger partial charge in [0.25, 0.3) is 0 Å². The van der Waals surface area contributed by atoms with Crippen LogP contribution in [0, 0.1) is 0 Å². The molecular formula is C17H27BO5S. The molecule has 2 rings (SSSR count). The van der Waals surface area contributed by atoms with Crippen LogP contribution in [0.1, 0.15) is 58.8 Å². The fourth-order valence-corrected chi connectivity index (χ4v) is 2.85. The highest BCUT2D eigenvalue weighted by molar-refractivity contribution is 7.72. The quantitative estimate of drug-likeness (QED) is 0.628. The maximum atomic E-state index is 11.3. The minimum Gasteiger partial charge on any atom is -0.494 e. The van der Waals surface area contributed by atoms with Gasteiger partial charge in [0.05, 0.1) is 23.1 Å². The summed E-state index contributed by atoms with van der Waals surface area (Å²) in [6.45, 7) is 12.2. The first kappa shape index (κ1) is 19.3. The van der Waals surface area contributed by atoms with Crippen LogP contribution in [-0.2, 0) is 20.0 Å². The van der Waals surface area contributed by atoms with Gasteiger partial charge in [-0.1, -0.05) is 19.1 Å². The summed E-state index contributed by atoms with van der Waals surface area (Å²) in [6, 6.07) is 5.42. The van der Waals surface area contributed by atoms with E-state index in [1.807, 2.05) is 40.7 Å². The highest BCUT2D eigenvalue weighted by atomic mass is 32.2. The molecule has 1 heterocycles. The van der Waals surface area contributed by atoms with Crippen LogP contribution < -0.4 is 10.2 Å². The Morgan fingerprint density at radius 1 is 1.17 bits per heavy atom. The second-order valence-electron chi connectivity index (χ2n) is 7.20. The zero-order valence-electron chi connectivity index (χ0n) is 15.3. The summed E-state index contributed by atoms with van der Waals surface area (Å²) >= 11 is 0. The number of thiol groups is 1. The second kappa shape index (κ2) is 7.06. The average Bonchev–Trinajstić information content (AvgIpc) is 2.72. The minimum absolute atomic E-state index is 0.467. The van der Waals surface area contributed by atoms with Crippen LogP contribution in [0.4, 0.5) is 0 Å². The van der Waals surface area contributed by atoms with Gasteiger partial charge in [-0.3, -0.25) is 0 Å². The lowest BCUT2D eigenvalue weighted by Gasteiger charge is -2.32. The maximum Gasteiger partial charge on any atom is 0.498 e. The Balaban J connectivity index is 2.43. The van der Waals surface area contributed by atoms with Gasteiger partial charge in [-0.25, -0.2) is 8.42 Å². The number of rotatable bonds is 6. The largest absolute Gasteiger partial charge is 0.498 e. The van der Waals surface area contributed by atoms with E-state index in [9.17, 15) is 8.42 Å². The Kier molecular flexibility index (Phi) is 5.67. The predicted molar refractivity (Wildman–Crippen MR) is 96.7 cm³/mol. The third-order valence-corrected chi connectivity index (χ3v) is 5.73. The third-order valence-electron chi connectivity index (χ3n) is 4.80. The lowest BCUT2D eigenvalue weighted by molar-refractivity contribution is 0.00578. The van der Waals surface area contributed by atoms with Gasteiger partial charge in [0.15, 0.2) is 0 Å². The molecule has 5 nitrogen and oxygen atoms in total. The molecule has 1 aliphatic heterocycles. The Morgan fingerprint density at radius 3 is 2.25 bits per heavy atom. The molecule has 1 aromatic rings. The van der Waals surface area contributed by atoms with Gasteiger partial charge in [-0.05, 0) is 52.7 Å². The Labute approximate surface area is 146 Å². The standard InChI is InChI=1S/C17H27BO5S/c1-7-10-21-15-9-8-13(12(2)24(19)20)11-14(15)18-22-16(3,4)17(5,6)23-18/h8-9,11-12,24H,7,10H2,1-6H3. The van der Waals surface area contributed by atoms with E-state index in [2.05, 4.69) is 0 Å². The van der Waals surface area contributed by atoms with Crippen molar-refractivity contribution in [1.29, 1.82) is 0 Å². The molecule has 0 bridgehead atoms. The molecule has 0 spiro atoms. The van der Waals surface area contributed by atoms with Crippen molar-refractivity contribution in [3.8, 4) is 5.75 Å². The fraction of sp³-hybridized carbons (Fsp3) is 0.647. The van der Waals surface area contributed by atoms with Crippen LogP contribution in [0.2, 0.25) is 0 Å². The zero-order valence-corrected chi connectivity index (χ0v) is 16.2. The molecule has 1 aromatic carbocycles. The molecule has 0 N–H and O–H groups in total. The van der Waals surface area contributed by atoms with Crippen molar-refractivity contribution in [2.45, 2.75) is 64.4 Å². The zero-order chi connectivity index (χ0) is 18.1. The van der Waals surface area contributed by atoms with E-state index < -0.39 is 34.3 Å². The maximum absolute atomic E-state index is 11.3. The van der Waals surface area contributed by atoms with E-state index >= 15 is 0 Å². The number of benzene rings is 1. The third kappa shape index (κ3) is 3.78. The van der Waals surface area contributed by atoms with Gasteiger partial charge in [0.2, 0.25) is 0 Å². The molecule has 24 heavy (non-hydrogen) atoms. The predicted octanol–water partition coefficient (Wildman–Crippen LogP) is 2.45. The monoisotopic (exact) mass is 354 g/mol. The molecule has 0 amide bonds. The van der Waals surface area contributed by atoms with Crippen molar-refractivity contribution < 1.29 is 22.5 Å². The summed E-state index contributed by atoms with van der Waals surface area (Å²) in [5.74, 6) is 0.674. The van der Waals surface area contributed by atoms with Crippen LogP contribution in [0.5, 0.6) is 5.75 Å². The molecule has 1 atom stereocenters. The number of ether oxygens (including phenoxy) is 1. The summed E-state index contributed by atoms with van der Waals surface area (Å²) in [4.78, 5) is 0. The Bertz CT molecular complexity index is 645. The number of hydrogen-bond donors (Lipinski definition) is 1. The van der Waals surface area contributed by atoms with Gasteiger partial charge in [0.1, 0.15) is 16.5 Å². The molecule has 0 aliphatic carbocycles. The van der Waals surface area contributed by atoms with Crippen molar-refractivity contribution in [1.82, 2.24) is 0 Å². The molecule has 0 saturated carbocycles. The van der Waals surface area contributed by atoms with Crippen LogP contribution in [0.15, 0.2) is 18.2 Å². The normalized spacial score (nSPS) is 20.4. The second-order valence-corrected chi connectivity index (χ2v) is 8.54. The average molecular weight is 354 g/mol. The summed E-state index contributed by atoms with van der Waals surface area (Å²) in [6.07, 6.45) is 0.882. The topological polar surface area (TPSA) is 61.8 Å². The van der Waals surface area contributed by atoms with Gasteiger partial charge in [0, 0.05) is 5.46 Å². The molecule has 1 unspecified atom stereocenters. The van der Waals surface area contributed by atoms with Crippen molar-refractivity contribution in [2.75, 3.05) is 6.61 Å². The highest BCUT2D eigenvalue weighted by Crippen LogP contribution is 2.37. The minimum atomic E-state index is -2.54. The summed E-state index contributed by atoms with van der Waals surface area (Å²) < 4.78 is 40.7. The van der Waals surface area contributed by atoms with Crippen LogP contribution >= 0.6 is 0 Å². The molecule has 0 aromatic heterocycles. The summed E-state index contributed by atoms with van der Waals surface area (Å²) in [5, 5.41) is -0.568. The van der Waals surface area contributed by atoms with E-state index in [0.717, 1.165) is 11.9 Å². The van der Waals surface area contributed by atoms with Crippen LogP contribution in [-0.4, -0.2) is 33.3 Å². The lowest BCUT2D eigenvalue weighted by Crippen LogP contribution is -2.41.